The van der Waals surface area contributed by atoms with Crippen LogP contribution < -0.4 is 5.73 Å². The summed E-state index contributed by atoms with van der Waals surface area (Å²) in [6, 6.07) is 5.55. The first-order valence-electron chi connectivity index (χ1n) is 9.42. The number of nitrogens with zero attached hydrogens (tertiary/aromatic N) is 2. The molecule has 152 valence electrons. The van der Waals surface area contributed by atoms with Crippen LogP contribution in [0.3, 0.4) is 0 Å². The number of carbonyl (C=O) groups excluding carboxylic acids is 1. The number of rotatable bonds is 3. The van der Waals surface area contributed by atoms with E-state index in [1.807, 2.05) is 24.0 Å². The summed E-state index contributed by atoms with van der Waals surface area (Å²) in [5.41, 5.74) is 8.14. The minimum atomic E-state index is -3.47. The Kier molecular flexibility index (Phi) is 7.30. The molecular formula is C19H30ClN3O3S. The molecule has 0 saturated carbocycles. The second-order valence-electron chi connectivity index (χ2n) is 7.54. The van der Waals surface area contributed by atoms with E-state index in [4.69, 9.17) is 5.73 Å². The Labute approximate surface area is 168 Å². The third kappa shape index (κ3) is 4.83. The lowest BCUT2D eigenvalue weighted by molar-refractivity contribution is -0.128. The van der Waals surface area contributed by atoms with Crippen LogP contribution in [0.15, 0.2) is 23.1 Å². The second kappa shape index (κ2) is 8.90. The average molecular weight is 416 g/mol. The molecule has 0 spiro atoms. The molecule has 2 heterocycles. The van der Waals surface area contributed by atoms with Crippen LogP contribution in [-0.4, -0.2) is 55.8 Å². The number of hydrogen-bond acceptors (Lipinski definition) is 4. The van der Waals surface area contributed by atoms with Gasteiger partial charge in [-0.25, -0.2) is 8.42 Å². The number of hydrogen-bond donors (Lipinski definition) is 1. The Morgan fingerprint density at radius 3 is 2.26 bits per heavy atom. The number of amides is 1. The highest BCUT2D eigenvalue weighted by molar-refractivity contribution is 7.89. The first kappa shape index (κ1) is 22.1. The monoisotopic (exact) mass is 415 g/mol. The van der Waals surface area contributed by atoms with Crippen molar-refractivity contribution in [3.63, 3.8) is 0 Å². The van der Waals surface area contributed by atoms with Crippen LogP contribution in [0.25, 0.3) is 0 Å². The van der Waals surface area contributed by atoms with Crippen LogP contribution >= 0.6 is 12.4 Å². The summed E-state index contributed by atoms with van der Waals surface area (Å²) in [5, 5.41) is 0. The molecule has 2 aliphatic rings. The maximum absolute atomic E-state index is 13.0. The van der Waals surface area contributed by atoms with Crippen LogP contribution in [0, 0.1) is 5.92 Å². The van der Waals surface area contributed by atoms with E-state index in [1.54, 1.807) is 17.3 Å². The van der Waals surface area contributed by atoms with Crippen molar-refractivity contribution in [3.8, 4) is 0 Å². The van der Waals surface area contributed by atoms with Crippen LogP contribution in [-0.2, 0) is 27.7 Å². The van der Waals surface area contributed by atoms with Gasteiger partial charge in [0.15, 0.2) is 0 Å². The Balaban J connectivity index is 0.00000261. The average Bonchev–Trinajstić information content (AvgIpc) is 2.83. The normalized spacial score (nSPS) is 20.3. The molecule has 1 aromatic rings. The van der Waals surface area contributed by atoms with Crippen LogP contribution in [0.4, 0.5) is 0 Å². The summed E-state index contributed by atoms with van der Waals surface area (Å²) >= 11 is 0. The molecule has 1 unspecified atom stereocenters. The molecule has 6 nitrogen and oxygen atoms in total. The fourth-order valence-corrected chi connectivity index (χ4v) is 5.49. The Morgan fingerprint density at radius 1 is 1.11 bits per heavy atom. The molecule has 2 N–H and O–H groups in total. The number of carbonyl (C=O) groups is 1. The van der Waals surface area contributed by atoms with Crippen molar-refractivity contribution in [1.29, 1.82) is 0 Å². The highest BCUT2D eigenvalue weighted by atomic mass is 35.5. The zero-order valence-electron chi connectivity index (χ0n) is 16.1. The lowest BCUT2D eigenvalue weighted by Crippen LogP contribution is -2.42. The van der Waals surface area contributed by atoms with Gasteiger partial charge in [-0.15, -0.1) is 12.4 Å². The number of sulfonamides is 1. The molecule has 0 aromatic heterocycles. The third-order valence-corrected chi connectivity index (χ3v) is 7.70. The van der Waals surface area contributed by atoms with Gasteiger partial charge in [0, 0.05) is 39.1 Å². The standard InChI is InChI=1S/C19H29N3O3S.ClH/c1-14(20)16-7-11-22(12-8-16)26(24,25)19-4-3-17-5-9-21(15(2)23)10-6-18(17)13-19;/h3-4,13-14,16H,5-12,20H2,1-2H3;1H. The maximum atomic E-state index is 13.0. The highest BCUT2D eigenvalue weighted by Crippen LogP contribution is 2.27. The quantitative estimate of drug-likeness (QED) is 0.815. The van der Waals surface area contributed by atoms with E-state index >= 15 is 0 Å². The highest BCUT2D eigenvalue weighted by Gasteiger charge is 2.31. The van der Waals surface area contributed by atoms with Crippen molar-refractivity contribution < 1.29 is 13.2 Å². The van der Waals surface area contributed by atoms with Gasteiger partial charge >= 0.3 is 0 Å². The Bertz CT molecular complexity index is 774. The van der Waals surface area contributed by atoms with Gasteiger partial charge < -0.3 is 10.6 Å². The molecule has 0 bridgehead atoms. The van der Waals surface area contributed by atoms with Gasteiger partial charge in [0.2, 0.25) is 15.9 Å². The minimum Gasteiger partial charge on any atom is -0.342 e. The molecule has 8 heteroatoms. The third-order valence-electron chi connectivity index (χ3n) is 5.81. The number of benzene rings is 1. The predicted octanol–water partition coefficient (Wildman–Crippen LogP) is 1.80. The lowest BCUT2D eigenvalue weighted by atomic mass is 9.92. The lowest BCUT2D eigenvalue weighted by Gasteiger charge is -2.33. The molecular weight excluding hydrogens is 386 g/mol. The van der Waals surface area contributed by atoms with E-state index in [0.717, 1.165) is 30.4 Å². The van der Waals surface area contributed by atoms with Crippen molar-refractivity contribution in [2.45, 2.75) is 50.5 Å². The SMILES string of the molecule is CC(=O)N1CCc2ccc(S(=O)(=O)N3CCC(C(C)N)CC3)cc2CC1.Cl. The van der Waals surface area contributed by atoms with E-state index < -0.39 is 10.0 Å². The molecule has 1 aromatic carbocycles. The van der Waals surface area contributed by atoms with E-state index in [9.17, 15) is 13.2 Å². The van der Waals surface area contributed by atoms with E-state index in [2.05, 4.69) is 0 Å². The molecule has 1 amide bonds. The molecule has 2 aliphatic heterocycles. The molecule has 1 fully saturated rings. The molecule has 3 rings (SSSR count). The Hall–Kier alpha value is -1.15. The molecule has 27 heavy (non-hydrogen) atoms. The summed E-state index contributed by atoms with van der Waals surface area (Å²) in [6.45, 7) is 5.97. The molecule has 1 atom stereocenters. The smallest absolute Gasteiger partial charge is 0.243 e. The minimum absolute atomic E-state index is 0. The van der Waals surface area contributed by atoms with E-state index in [1.165, 1.54) is 0 Å². The number of halogens is 1. The molecule has 0 aliphatic carbocycles. The van der Waals surface area contributed by atoms with E-state index in [-0.39, 0.29) is 24.4 Å². The van der Waals surface area contributed by atoms with Crippen molar-refractivity contribution >= 4 is 28.3 Å². The molecule has 0 radical (unpaired) electrons. The van der Waals surface area contributed by atoms with Gasteiger partial charge in [0.25, 0.3) is 0 Å². The van der Waals surface area contributed by atoms with Gasteiger partial charge in [0.05, 0.1) is 4.90 Å². The van der Waals surface area contributed by atoms with Crippen molar-refractivity contribution in [3.05, 3.63) is 29.3 Å². The summed E-state index contributed by atoms with van der Waals surface area (Å²) < 4.78 is 27.7. The van der Waals surface area contributed by atoms with Crippen molar-refractivity contribution in [2.75, 3.05) is 26.2 Å². The van der Waals surface area contributed by atoms with Crippen LogP contribution in [0.2, 0.25) is 0 Å². The van der Waals surface area contributed by atoms with Gasteiger partial charge in [-0.1, -0.05) is 6.07 Å². The zero-order valence-corrected chi connectivity index (χ0v) is 17.7. The fourth-order valence-electron chi connectivity index (χ4n) is 3.97. The topological polar surface area (TPSA) is 83.7 Å². The Morgan fingerprint density at radius 2 is 1.70 bits per heavy atom. The van der Waals surface area contributed by atoms with Gasteiger partial charge in [0.1, 0.15) is 0 Å². The first-order chi connectivity index (χ1) is 12.3. The van der Waals surface area contributed by atoms with Crippen molar-refractivity contribution in [1.82, 2.24) is 9.21 Å². The van der Waals surface area contributed by atoms with Crippen LogP contribution in [0.1, 0.15) is 37.8 Å². The summed E-state index contributed by atoms with van der Waals surface area (Å²) in [6.07, 6.45) is 3.10. The maximum Gasteiger partial charge on any atom is 0.243 e. The second-order valence-corrected chi connectivity index (χ2v) is 9.48. The first-order valence-corrected chi connectivity index (χ1v) is 10.9. The number of nitrogens with two attached hydrogens (primary N) is 1. The number of piperidine rings is 1. The zero-order chi connectivity index (χ0) is 18.9. The number of fused-ring (bicyclic) bond motifs is 1. The van der Waals surface area contributed by atoms with Crippen LogP contribution in [0.5, 0.6) is 0 Å². The predicted molar refractivity (Wildman–Crippen MR) is 108 cm³/mol. The largest absolute Gasteiger partial charge is 0.342 e. The van der Waals surface area contributed by atoms with Crippen molar-refractivity contribution in [2.24, 2.45) is 11.7 Å². The summed E-state index contributed by atoms with van der Waals surface area (Å²) in [5.74, 6) is 0.466. The fraction of sp³-hybridized carbons (Fsp3) is 0.632. The van der Waals surface area contributed by atoms with E-state index in [0.29, 0.717) is 43.4 Å². The van der Waals surface area contributed by atoms with Gasteiger partial charge in [-0.3, -0.25) is 4.79 Å². The van der Waals surface area contributed by atoms with Gasteiger partial charge in [-0.05, 0) is 61.8 Å². The summed E-state index contributed by atoms with van der Waals surface area (Å²) in [7, 11) is -3.47. The molecule has 1 saturated heterocycles. The van der Waals surface area contributed by atoms with Gasteiger partial charge in [-0.2, -0.15) is 4.31 Å². The summed E-state index contributed by atoms with van der Waals surface area (Å²) in [4.78, 5) is 13.8.